The second kappa shape index (κ2) is 5.58. The lowest BCUT2D eigenvalue weighted by atomic mass is 10.4. The van der Waals surface area contributed by atoms with Crippen LogP contribution < -0.4 is 0 Å². The van der Waals surface area contributed by atoms with Crippen molar-refractivity contribution in [3.05, 3.63) is 60.6 Å². The van der Waals surface area contributed by atoms with Crippen molar-refractivity contribution in [2.45, 2.75) is 18.1 Å². The predicted octanol–water partition coefficient (Wildman–Crippen LogP) is 1.99. The molecule has 0 atom stereocenters. The molecule has 7 nitrogen and oxygen atoms in total. The summed E-state index contributed by atoms with van der Waals surface area (Å²) in [5, 5.41) is 6.19. The SMILES string of the molecule is O=S(=O)(c1ccn[nH]1)N(Cc1ccco1)Cc1ccco1. The molecule has 0 aliphatic carbocycles. The van der Waals surface area contributed by atoms with Crippen molar-refractivity contribution < 1.29 is 17.3 Å². The van der Waals surface area contributed by atoms with Crippen molar-refractivity contribution in [3.8, 4) is 0 Å². The molecule has 0 spiro atoms. The van der Waals surface area contributed by atoms with Gasteiger partial charge in [-0.2, -0.15) is 9.40 Å². The summed E-state index contributed by atoms with van der Waals surface area (Å²) in [6, 6.07) is 8.27. The second-order valence-corrected chi connectivity index (χ2v) is 6.26. The molecule has 110 valence electrons. The highest BCUT2D eigenvalue weighted by Crippen LogP contribution is 2.19. The Bertz CT molecular complexity index is 725. The Kier molecular flexibility index (Phi) is 3.63. The van der Waals surface area contributed by atoms with E-state index in [-0.39, 0.29) is 18.1 Å². The van der Waals surface area contributed by atoms with Crippen LogP contribution in [-0.4, -0.2) is 22.9 Å². The normalized spacial score (nSPS) is 12.0. The molecular weight excluding hydrogens is 294 g/mol. The standard InChI is InChI=1S/C13H13N3O4S/c17-21(18,13-5-6-14-15-13)16(9-11-3-1-7-19-11)10-12-4-2-8-20-12/h1-8H,9-10H2,(H,14,15). The first-order valence-electron chi connectivity index (χ1n) is 6.20. The smallest absolute Gasteiger partial charge is 0.260 e. The van der Waals surface area contributed by atoms with Gasteiger partial charge in [-0.05, 0) is 30.3 Å². The van der Waals surface area contributed by atoms with Gasteiger partial charge in [-0.25, -0.2) is 8.42 Å². The molecule has 3 rings (SSSR count). The Morgan fingerprint density at radius 2 is 1.67 bits per heavy atom. The molecule has 0 saturated heterocycles. The zero-order valence-electron chi connectivity index (χ0n) is 11.0. The second-order valence-electron chi connectivity index (χ2n) is 4.35. The maximum Gasteiger partial charge on any atom is 0.260 e. The van der Waals surface area contributed by atoms with Gasteiger partial charge in [0.25, 0.3) is 10.0 Å². The molecule has 1 N–H and O–H groups in total. The lowest BCUT2D eigenvalue weighted by Crippen LogP contribution is -2.30. The van der Waals surface area contributed by atoms with Gasteiger partial charge in [0, 0.05) is 0 Å². The molecular formula is C13H13N3O4S. The number of sulfonamides is 1. The van der Waals surface area contributed by atoms with Gasteiger partial charge >= 0.3 is 0 Å². The molecule has 0 aliphatic rings. The molecule has 0 bridgehead atoms. The molecule has 0 fully saturated rings. The van der Waals surface area contributed by atoms with Crippen LogP contribution in [0.3, 0.4) is 0 Å². The van der Waals surface area contributed by atoms with E-state index >= 15 is 0 Å². The summed E-state index contributed by atoms with van der Waals surface area (Å²) in [7, 11) is -3.71. The lowest BCUT2D eigenvalue weighted by molar-refractivity contribution is 0.329. The van der Waals surface area contributed by atoms with Crippen LogP contribution in [0, 0.1) is 0 Å². The third-order valence-corrected chi connectivity index (χ3v) is 4.64. The van der Waals surface area contributed by atoms with Gasteiger partial charge in [0.15, 0.2) is 5.03 Å². The Morgan fingerprint density at radius 1 is 1.05 bits per heavy atom. The predicted molar refractivity (Wildman–Crippen MR) is 72.4 cm³/mol. The minimum Gasteiger partial charge on any atom is -0.468 e. The molecule has 0 unspecified atom stereocenters. The summed E-state index contributed by atoms with van der Waals surface area (Å²) in [5.41, 5.74) is 0. The Balaban J connectivity index is 1.91. The summed E-state index contributed by atoms with van der Waals surface area (Å²) in [4.78, 5) is 0. The highest BCUT2D eigenvalue weighted by molar-refractivity contribution is 7.89. The minimum absolute atomic E-state index is 0.0283. The third kappa shape index (κ3) is 2.91. The largest absolute Gasteiger partial charge is 0.468 e. The first kappa shape index (κ1) is 13.7. The monoisotopic (exact) mass is 307 g/mol. The van der Waals surface area contributed by atoms with Gasteiger partial charge in [0.1, 0.15) is 11.5 Å². The molecule has 21 heavy (non-hydrogen) atoms. The van der Waals surface area contributed by atoms with Crippen LogP contribution in [0.25, 0.3) is 0 Å². The number of hydrogen-bond acceptors (Lipinski definition) is 5. The lowest BCUT2D eigenvalue weighted by Gasteiger charge is -2.19. The summed E-state index contributed by atoms with van der Waals surface area (Å²) in [6.45, 7) is 0.212. The number of nitrogens with one attached hydrogen (secondary N) is 1. The summed E-state index contributed by atoms with van der Waals surface area (Å²) < 4.78 is 37.0. The van der Waals surface area contributed by atoms with Crippen molar-refractivity contribution >= 4 is 10.0 Å². The number of H-pyrrole nitrogens is 1. The highest BCUT2D eigenvalue weighted by Gasteiger charge is 2.27. The maximum atomic E-state index is 12.6. The first-order chi connectivity index (χ1) is 10.2. The molecule has 0 amide bonds. The topological polar surface area (TPSA) is 92.3 Å². The highest BCUT2D eigenvalue weighted by atomic mass is 32.2. The number of rotatable bonds is 6. The molecule has 0 radical (unpaired) electrons. The maximum absolute atomic E-state index is 12.6. The molecule has 3 aromatic heterocycles. The number of aromatic amines is 1. The van der Waals surface area contributed by atoms with E-state index in [9.17, 15) is 8.42 Å². The summed E-state index contributed by atoms with van der Waals surface area (Å²) in [5.74, 6) is 1.09. The van der Waals surface area contributed by atoms with Gasteiger partial charge in [-0.3, -0.25) is 5.10 Å². The van der Waals surface area contributed by atoms with Crippen molar-refractivity contribution in [2.75, 3.05) is 0 Å². The Labute approximate surface area is 121 Å². The van der Waals surface area contributed by atoms with Crippen molar-refractivity contribution in [2.24, 2.45) is 0 Å². The Hall–Kier alpha value is -2.32. The van der Waals surface area contributed by atoms with E-state index in [4.69, 9.17) is 8.83 Å². The van der Waals surface area contributed by atoms with Crippen LogP contribution >= 0.6 is 0 Å². The molecule has 3 heterocycles. The van der Waals surface area contributed by atoms with Crippen molar-refractivity contribution in [3.63, 3.8) is 0 Å². The molecule has 3 aromatic rings. The fourth-order valence-corrected chi connectivity index (χ4v) is 3.18. The molecule has 0 aliphatic heterocycles. The van der Waals surface area contributed by atoms with Crippen LogP contribution in [0.1, 0.15) is 11.5 Å². The molecule has 0 aromatic carbocycles. The van der Waals surface area contributed by atoms with Crippen molar-refractivity contribution in [1.29, 1.82) is 0 Å². The Morgan fingerprint density at radius 3 is 2.10 bits per heavy atom. The van der Waals surface area contributed by atoms with Crippen LogP contribution in [-0.2, 0) is 23.1 Å². The van der Waals surface area contributed by atoms with Gasteiger partial charge in [0.05, 0.1) is 31.8 Å². The first-order valence-corrected chi connectivity index (χ1v) is 7.64. The van der Waals surface area contributed by atoms with E-state index in [0.29, 0.717) is 11.5 Å². The van der Waals surface area contributed by atoms with E-state index in [0.717, 1.165) is 0 Å². The van der Waals surface area contributed by atoms with Gasteiger partial charge in [0.2, 0.25) is 0 Å². The molecule has 8 heteroatoms. The number of aromatic nitrogens is 2. The van der Waals surface area contributed by atoms with E-state index in [1.54, 1.807) is 24.3 Å². The quantitative estimate of drug-likeness (QED) is 0.751. The van der Waals surface area contributed by atoms with Crippen LogP contribution in [0.4, 0.5) is 0 Å². The average molecular weight is 307 g/mol. The summed E-state index contributed by atoms with van der Waals surface area (Å²) in [6.07, 6.45) is 4.40. The zero-order valence-corrected chi connectivity index (χ0v) is 11.8. The van der Waals surface area contributed by atoms with E-state index < -0.39 is 10.0 Å². The van der Waals surface area contributed by atoms with E-state index in [1.165, 1.54) is 29.1 Å². The van der Waals surface area contributed by atoms with Crippen LogP contribution in [0.5, 0.6) is 0 Å². The minimum atomic E-state index is -3.71. The fraction of sp³-hybridized carbons (Fsp3) is 0.154. The zero-order chi connectivity index (χ0) is 14.7. The number of hydrogen-bond donors (Lipinski definition) is 1. The van der Waals surface area contributed by atoms with E-state index in [2.05, 4.69) is 10.2 Å². The fourth-order valence-electron chi connectivity index (χ4n) is 1.90. The van der Waals surface area contributed by atoms with Crippen LogP contribution in [0.15, 0.2) is 62.9 Å². The molecule has 0 saturated carbocycles. The summed E-state index contributed by atoms with van der Waals surface area (Å²) >= 11 is 0. The average Bonchev–Trinajstić information content (AvgIpc) is 3.22. The van der Waals surface area contributed by atoms with E-state index in [1.807, 2.05) is 0 Å². The van der Waals surface area contributed by atoms with Gasteiger partial charge in [-0.1, -0.05) is 0 Å². The van der Waals surface area contributed by atoms with Gasteiger partial charge in [-0.15, -0.1) is 0 Å². The third-order valence-electron chi connectivity index (χ3n) is 2.92. The van der Waals surface area contributed by atoms with Crippen LogP contribution in [0.2, 0.25) is 0 Å². The number of furan rings is 2. The van der Waals surface area contributed by atoms with Gasteiger partial charge < -0.3 is 8.83 Å². The number of nitrogens with zero attached hydrogens (tertiary/aromatic N) is 2. The van der Waals surface area contributed by atoms with Crippen molar-refractivity contribution in [1.82, 2.24) is 14.5 Å².